The molecule has 0 saturated carbocycles. The molecule has 0 radical (unpaired) electrons. The average molecular weight is 291 g/mol. The van der Waals surface area contributed by atoms with Crippen LogP contribution in [0.3, 0.4) is 0 Å². The molecule has 0 aliphatic carbocycles. The summed E-state index contributed by atoms with van der Waals surface area (Å²) in [6, 6.07) is 21.4. The fourth-order valence-electron chi connectivity index (χ4n) is 2.28. The van der Waals surface area contributed by atoms with Gasteiger partial charge in [0.15, 0.2) is 5.69 Å². The highest BCUT2D eigenvalue weighted by Gasteiger charge is 2.12. The molecule has 2 aromatic carbocycles. The fraction of sp³-hybridized carbons (Fsp3) is 0.111. The van der Waals surface area contributed by atoms with E-state index in [9.17, 15) is 4.79 Å². The lowest BCUT2D eigenvalue weighted by atomic mass is 10.2. The van der Waals surface area contributed by atoms with Crippen LogP contribution in [0.2, 0.25) is 0 Å². The van der Waals surface area contributed by atoms with Gasteiger partial charge in [-0.2, -0.15) is 5.10 Å². The number of carbonyl (C=O) groups excluding carboxylic acids is 1. The smallest absolute Gasteiger partial charge is 0.272 e. The molecular formula is C18H17N3O. The molecule has 0 atom stereocenters. The van der Waals surface area contributed by atoms with Crippen LogP contribution in [0.5, 0.6) is 0 Å². The number of aryl methyl sites for hydroxylation is 1. The summed E-state index contributed by atoms with van der Waals surface area (Å²) in [4.78, 5) is 12.2. The Morgan fingerprint density at radius 2 is 1.68 bits per heavy atom. The van der Waals surface area contributed by atoms with Gasteiger partial charge >= 0.3 is 0 Å². The first-order chi connectivity index (χ1) is 10.7. The number of benzene rings is 2. The van der Waals surface area contributed by atoms with Gasteiger partial charge in [-0.25, -0.2) is 4.68 Å². The molecule has 22 heavy (non-hydrogen) atoms. The second-order valence-electron chi connectivity index (χ2n) is 5.09. The van der Waals surface area contributed by atoms with E-state index in [1.165, 1.54) is 0 Å². The minimum Gasteiger partial charge on any atom is -0.347 e. The Bertz CT molecular complexity index is 764. The van der Waals surface area contributed by atoms with Crippen molar-refractivity contribution in [3.8, 4) is 5.69 Å². The second kappa shape index (κ2) is 6.26. The largest absolute Gasteiger partial charge is 0.347 e. The van der Waals surface area contributed by atoms with Gasteiger partial charge in [0.2, 0.25) is 0 Å². The topological polar surface area (TPSA) is 46.9 Å². The zero-order valence-corrected chi connectivity index (χ0v) is 12.4. The highest BCUT2D eigenvalue weighted by Crippen LogP contribution is 2.11. The quantitative estimate of drug-likeness (QED) is 0.803. The van der Waals surface area contributed by atoms with Gasteiger partial charge in [0.1, 0.15) is 0 Å². The van der Waals surface area contributed by atoms with Crippen molar-refractivity contribution in [2.45, 2.75) is 13.5 Å². The molecule has 3 aromatic rings. The second-order valence-corrected chi connectivity index (χ2v) is 5.09. The molecule has 0 aliphatic rings. The molecule has 0 aliphatic heterocycles. The number of nitrogens with one attached hydrogen (secondary N) is 1. The highest BCUT2D eigenvalue weighted by atomic mass is 16.1. The summed E-state index contributed by atoms with van der Waals surface area (Å²) in [6.45, 7) is 2.44. The van der Waals surface area contributed by atoms with Crippen molar-refractivity contribution in [2.75, 3.05) is 0 Å². The van der Waals surface area contributed by atoms with Gasteiger partial charge in [0.25, 0.3) is 5.91 Å². The number of amides is 1. The normalized spacial score (nSPS) is 10.4. The number of nitrogens with zero attached hydrogens (tertiary/aromatic N) is 2. The van der Waals surface area contributed by atoms with Crippen molar-refractivity contribution >= 4 is 5.91 Å². The molecule has 0 saturated heterocycles. The van der Waals surface area contributed by atoms with Gasteiger partial charge in [-0.1, -0.05) is 48.5 Å². The summed E-state index contributed by atoms with van der Waals surface area (Å²) >= 11 is 0. The Morgan fingerprint density at radius 3 is 2.36 bits per heavy atom. The third-order valence-electron chi connectivity index (χ3n) is 3.42. The zero-order chi connectivity index (χ0) is 15.4. The average Bonchev–Trinajstić information content (AvgIpc) is 2.96. The predicted molar refractivity (Wildman–Crippen MR) is 85.9 cm³/mol. The summed E-state index contributed by atoms with van der Waals surface area (Å²) in [6.07, 6.45) is 0. The van der Waals surface area contributed by atoms with Gasteiger partial charge in [-0.05, 0) is 30.7 Å². The maximum Gasteiger partial charge on any atom is 0.272 e. The summed E-state index contributed by atoms with van der Waals surface area (Å²) in [5.41, 5.74) is 3.37. The maximum absolute atomic E-state index is 12.2. The molecule has 3 rings (SSSR count). The third kappa shape index (κ3) is 3.06. The molecule has 0 unspecified atom stereocenters. The van der Waals surface area contributed by atoms with E-state index in [0.717, 1.165) is 16.9 Å². The van der Waals surface area contributed by atoms with E-state index in [-0.39, 0.29) is 5.91 Å². The van der Waals surface area contributed by atoms with E-state index >= 15 is 0 Å². The molecule has 4 heteroatoms. The maximum atomic E-state index is 12.2. The predicted octanol–water partition coefficient (Wildman–Crippen LogP) is 3.11. The molecule has 0 bridgehead atoms. The lowest BCUT2D eigenvalue weighted by Crippen LogP contribution is -2.23. The summed E-state index contributed by atoms with van der Waals surface area (Å²) in [5, 5.41) is 7.29. The summed E-state index contributed by atoms with van der Waals surface area (Å²) in [5.74, 6) is -0.165. The van der Waals surface area contributed by atoms with Crippen LogP contribution in [0.1, 0.15) is 21.7 Å². The van der Waals surface area contributed by atoms with Gasteiger partial charge < -0.3 is 5.32 Å². The molecule has 4 nitrogen and oxygen atoms in total. The van der Waals surface area contributed by atoms with Gasteiger partial charge in [-0.15, -0.1) is 0 Å². The van der Waals surface area contributed by atoms with Crippen molar-refractivity contribution in [3.63, 3.8) is 0 Å². The van der Waals surface area contributed by atoms with Crippen LogP contribution in [0.25, 0.3) is 5.69 Å². The SMILES string of the molecule is Cc1cc(C(=O)NCc2ccccc2)nn1-c1ccccc1. The highest BCUT2D eigenvalue weighted by molar-refractivity contribution is 5.92. The minimum atomic E-state index is -0.165. The van der Waals surface area contributed by atoms with Crippen LogP contribution in [0, 0.1) is 6.92 Å². The van der Waals surface area contributed by atoms with E-state index in [1.807, 2.05) is 67.6 Å². The van der Waals surface area contributed by atoms with Crippen molar-refractivity contribution in [3.05, 3.63) is 83.7 Å². The number of para-hydroxylation sites is 1. The Kier molecular flexibility index (Phi) is 4.01. The molecule has 1 heterocycles. The standard InChI is InChI=1S/C18H17N3O/c1-14-12-17(20-21(14)16-10-6-3-7-11-16)18(22)19-13-15-8-4-2-5-9-15/h2-12H,13H2,1H3,(H,19,22). The van der Waals surface area contributed by atoms with Crippen LogP contribution in [-0.4, -0.2) is 15.7 Å². The van der Waals surface area contributed by atoms with Crippen LogP contribution >= 0.6 is 0 Å². The van der Waals surface area contributed by atoms with Crippen molar-refractivity contribution < 1.29 is 4.79 Å². The van der Waals surface area contributed by atoms with Crippen molar-refractivity contribution in [1.29, 1.82) is 0 Å². The van der Waals surface area contributed by atoms with E-state index in [1.54, 1.807) is 10.7 Å². The fourth-order valence-corrected chi connectivity index (χ4v) is 2.28. The summed E-state index contributed by atoms with van der Waals surface area (Å²) < 4.78 is 1.78. The van der Waals surface area contributed by atoms with E-state index in [4.69, 9.17) is 0 Å². The summed E-state index contributed by atoms with van der Waals surface area (Å²) in [7, 11) is 0. The Balaban J connectivity index is 1.74. The number of aromatic nitrogens is 2. The zero-order valence-electron chi connectivity index (χ0n) is 12.4. The van der Waals surface area contributed by atoms with Gasteiger partial charge in [0.05, 0.1) is 5.69 Å². The lowest BCUT2D eigenvalue weighted by molar-refractivity contribution is 0.0945. The molecular weight excluding hydrogens is 274 g/mol. The number of carbonyl (C=O) groups is 1. The first-order valence-electron chi connectivity index (χ1n) is 7.18. The number of hydrogen-bond acceptors (Lipinski definition) is 2. The molecule has 110 valence electrons. The van der Waals surface area contributed by atoms with Crippen LogP contribution in [0.15, 0.2) is 66.7 Å². The van der Waals surface area contributed by atoms with E-state index in [0.29, 0.717) is 12.2 Å². The first-order valence-corrected chi connectivity index (χ1v) is 7.18. The third-order valence-corrected chi connectivity index (χ3v) is 3.42. The number of rotatable bonds is 4. The minimum absolute atomic E-state index is 0.165. The van der Waals surface area contributed by atoms with Crippen molar-refractivity contribution in [2.24, 2.45) is 0 Å². The van der Waals surface area contributed by atoms with E-state index in [2.05, 4.69) is 10.4 Å². The Morgan fingerprint density at radius 1 is 1.05 bits per heavy atom. The molecule has 1 N–H and O–H groups in total. The monoisotopic (exact) mass is 291 g/mol. The van der Waals surface area contributed by atoms with E-state index < -0.39 is 0 Å². The molecule has 0 fully saturated rings. The molecule has 0 spiro atoms. The number of hydrogen-bond donors (Lipinski definition) is 1. The van der Waals surface area contributed by atoms with Crippen LogP contribution in [0.4, 0.5) is 0 Å². The lowest BCUT2D eigenvalue weighted by Gasteiger charge is -2.04. The van der Waals surface area contributed by atoms with Gasteiger partial charge in [-0.3, -0.25) is 4.79 Å². The molecule has 1 aromatic heterocycles. The van der Waals surface area contributed by atoms with Gasteiger partial charge in [0, 0.05) is 12.2 Å². The Labute approximate surface area is 129 Å². The van der Waals surface area contributed by atoms with Crippen LogP contribution < -0.4 is 5.32 Å². The van der Waals surface area contributed by atoms with Crippen LogP contribution in [-0.2, 0) is 6.54 Å². The first kappa shape index (κ1) is 14.1. The van der Waals surface area contributed by atoms with Crippen molar-refractivity contribution in [1.82, 2.24) is 15.1 Å². The Hall–Kier alpha value is -2.88. The molecule has 1 amide bonds.